The van der Waals surface area contributed by atoms with E-state index in [1.807, 2.05) is 32.0 Å². The van der Waals surface area contributed by atoms with Crippen LogP contribution in [0, 0.1) is 26.2 Å². The zero-order valence-electron chi connectivity index (χ0n) is 23.0. The number of rotatable bonds is 9. The average Bonchev–Trinajstić information content (AvgIpc) is 3.68. The molecule has 0 aliphatic heterocycles. The summed E-state index contributed by atoms with van der Waals surface area (Å²) < 4.78 is 5.31. The van der Waals surface area contributed by atoms with Crippen LogP contribution in [0.1, 0.15) is 68.3 Å². The normalized spacial score (nSPS) is 14.4. The van der Waals surface area contributed by atoms with Crippen LogP contribution in [-0.4, -0.2) is 46.4 Å². The quantitative estimate of drug-likeness (QED) is 0.424. The second kappa shape index (κ2) is 12.0. The van der Waals surface area contributed by atoms with Gasteiger partial charge in [-0.25, -0.2) is 4.79 Å². The molecule has 9 nitrogen and oxygen atoms in total. The Labute approximate surface area is 229 Å². The third-order valence-corrected chi connectivity index (χ3v) is 6.24. The van der Waals surface area contributed by atoms with Crippen molar-refractivity contribution in [3.8, 4) is 12.3 Å². The number of hydrogen-bond donors (Lipinski definition) is 3. The minimum absolute atomic E-state index is 0.269. The van der Waals surface area contributed by atoms with Crippen molar-refractivity contribution in [2.24, 2.45) is 5.73 Å². The highest BCUT2D eigenvalue weighted by atomic mass is 16.6. The number of aryl methyl sites for hydroxylation is 2. The molecule has 1 saturated carbocycles. The molecule has 1 aliphatic rings. The number of ether oxygens (including phenoxy) is 1. The monoisotopic (exact) mass is 532 g/mol. The molecule has 4 amide bonds. The maximum Gasteiger partial charge on any atom is 0.408 e. The number of benzene rings is 2. The molecule has 206 valence electrons. The molecule has 2 aromatic rings. The smallest absolute Gasteiger partial charge is 0.408 e. The Kier molecular flexibility index (Phi) is 9.02. The molecule has 0 heterocycles. The van der Waals surface area contributed by atoms with Gasteiger partial charge in [-0.15, -0.1) is 6.42 Å². The highest BCUT2D eigenvalue weighted by Gasteiger charge is 2.44. The maximum absolute atomic E-state index is 14.0. The molecule has 9 heteroatoms. The number of carbonyl (C=O) groups excluding carboxylic acids is 4. The molecule has 0 aromatic heterocycles. The summed E-state index contributed by atoms with van der Waals surface area (Å²) in [6, 6.07) is 9.82. The maximum atomic E-state index is 14.0. The van der Waals surface area contributed by atoms with Crippen molar-refractivity contribution in [1.29, 1.82) is 0 Å². The van der Waals surface area contributed by atoms with Gasteiger partial charge in [0.1, 0.15) is 17.7 Å². The molecule has 2 unspecified atom stereocenters. The Morgan fingerprint density at radius 2 is 1.67 bits per heavy atom. The van der Waals surface area contributed by atoms with E-state index in [0.717, 1.165) is 11.1 Å². The van der Waals surface area contributed by atoms with Gasteiger partial charge < -0.3 is 26.0 Å². The van der Waals surface area contributed by atoms with E-state index in [9.17, 15) is 19.2 Å². The van der Waals surface area contributed by atoms with Crippen molar-refractivity contribution < 1.29 is 23.9 Å². The fourth-order valence-electron chi connectivity index (χ4n) is 4.30. The van der Waals surface area contributed by atoms with Gasteiger partial charge in [0.15, 0.2) is 0 Å². The van der Waals surface area contributed by atoms with E-state index in [0.29, 0.717) is 29.7 Å². The second-order valence-corrected chi connectivity index (χ2v) is 10.8. The predicted octanol–water partition coefficient (Wildman–Crippen LogP) is 3.72. The minimum atomic E-state index is -1.32. The van der Waals surface area contributed by atoms with Gasteiger partial charge in [-0.2, -0.15) is 0 Å². The van der Waals surface area contributed by atoms with Crippen molar-refractivity contribution in [3.63, 3.8) is 0 Å². The molecule has 4 N–H and O–H groups in total. The number of hydrogen-bond acceptors (Lipinski definition) is 5. The number of nitrogens with zero attached hydrogens (tertiary/aromatic N) is 1. The van der Waals surface area contributed by atoms with Crippen molar-refractivity contribution in [2.75, 3.05) is 5.32 Å². The van der Waals surface area contributed by atoms with E-state index in [1.54, 1.807) is 45.0 Å². The van der Waals surface area contributed by atoms with Gasteiger partial charge >= 0.3 is 6.09 Å². The van der Waals surface area contributed by atoms with Gasteiger partial charge in [-0.1, -0.05) is 36.3 Å². The fourth-order valence-corrected chi connectivity index (χ4v) is 4.30. The van der Waals surface area contributed by atoms with Gasteiger partial charge in [-0.05, 0) is 76.3 Å². The summed E-state index contributed by atoms with van der Waals surface area (Å²) in [6.45, 7) is 8.82. The van der Waals surface area contributed by atoms with Gasteiger partial charge in [-0.3, -0.25) is 14.4 Å². The number of amides is 4. The molecule has 0 radical (unpaired) electrons. The van der Waals surface area contributed by atoms with E-state index in [4.69, 9.17) is 16.9 Å². The Balaban J connectivity index is 2.04. The van der Waals surface area contributed by atoms with Crippen LogP contribution in [0.2, 0.25) is 0 Å². The molecule has 2 aromatic carbocycles. The van der Waals surface area contributed by atoms with E-state index < -0.39 is 47.9 Å². The highest BCUT2D eigenvalue weighted by Crippen LogP contribution is 2.37. The first-order valence-electron chi connectivity index (χ1n) is 12.8. The third kappa shape index (κ3) is 7.84. The molecule has 39 heavy (non-hydrogen) atoms. The lowest BCUT2D eigenvalue weighted by molar-refractivity contribution is -0.142. The van der Waals surface area contributed by atoms with Crippen LogP contribution >= 0.6 is 0 Å². The number of alkyl carbamates (subject to hydrolysis) is 1. The molecule has 0 bridgehead atoms. The van der Waals surface area contributed by atoms with Gasteiger partial charge in [0.25, 0.3) is 5.91 Å². The first-order valence-corrected chi connectivity index (χ1v) is 12.8. The minimum Gasteiger partial charge on any atom is -0.444 e. The van der Waals surface area contributed by atoms with Gasteiger partial charge in [0.05, 0.1) is 6.42 Å². The molecule has 2 atom stereocenters. The number of anilines is 1. The Hall–Kier alpha value is -4.32. The predicted molar refractivity (Wildman–Crippen MR) is 149 cm³/mol. The van der Waals surface area contributed by atoms with Crippen LogP contribution in [0.25, 0.3) is 0 Å². The Morgan fingerprint density at radius 3 is 2.15 bits per heavy atom. The zero-order valence-corrected chi connectivity index (χ0v) is 23.0. The molecular formula is C30H36N4O5. The van der Waals surface area contributed by atoms with Crippen LogP contribution in [0.3, 0.4) is 0 Å². The van der Waals surface area contributed by atoms with Crippen LogP contribution in [-0.2, 0) is 19.1 Å². The fraction of sp³-hybridized carbons (Fsp3) is 0.400. The molecule has 3 rings (SSSR count). The molecular weight excluding hydrogens is 496 g/mol. The van der Waals surface area contributed by atoms with E-state index in [2.05, 4.69) is 16.6 Å². The first kappa shape index (κ1) is 29.2. The lowest BCUT2D eigenvalue weighted by Crippen LogP contribution is -2.54. The Bertz CT molecular complexity index is 1270. The van der Waals surface area contributed by atoms with Crippen molar-refractivity contribution >= 4 is 29.5 Å². The SMILES string of the molecule is C#Cc1ccc(C(C(=O)Nc2c(C)cccc2C)N(C(=O)C(CC(N)=O)NC(=O)OC(C)(C)C)C2CC2)cc1. The van der Waals surface area contributed by atoms with Crippen molar-refractivity contribution in [1.82, 2.24) is 10.2 Å². The summed E-state index contributed by atoms with van der Waals surface area (Å²) in [5.41, 5.74) is 8.16. The summed E-state index contributed by atoms with van der Waals surface area (Å²) in [5, 5.41) is 5.49. The third-order valence-electron chi connectivity index (χ3n) is 6.24. The highest BCUT2D eigenvalue weighted by molar-refractivity contribution is 6.00. The van der Waals surface area contributed by atoms with Gasteiger partial charge in [0, 0.05) is 17.3 Å². The first-order chi connectivity index (χ1) is 18.3. The second-order valence-electron chi connectivity index (χ2n) is 10.8. The Morgan fingerprint density at radius 1 is 1.08 bits per heavy atom. The number of carbonyl (C=O) groups is 4. The zero-order chi connectivity index (χ0) is 28.9. The number of para-hydroxylation sites is 1. The van der Waals surface area contributed by atoms with Crippen LogP contribution in [0.5, 0.6) is 0 Å². The van der Waals surface area contributed by atoms with Crippen LogP contribution in [0.15, 0.2) is 42.5 Å². The number of primary amides is 1. The summed E-state index contributed by atoms with van der Waals surface area (Å²) in [7, 11) is 0. The summed E-state index contributed by atoms with van der Waals surface area (Å²) in [6.07, 6.45) is 5.53. The lowest BCUT2D eigenvalue weighted by Gasteiger charge is -2.34. The molecule has 0 saturated heterocycles. The topological polar surface area (TPSA) is 131 Å². The number of nitrogens with one attached hydrogen (secondary N) is 2. The standard InChI is InChI=1S/C30H36N4O5/c1-7-20-11-13-21(14-12-20)26(27(36)33-25-18(2)9-8-10-19(25)3)34(22-15-16-22)28(37)23(17-24(31)35)32-29(38)39-30(4,5)6/h1,8-14,22-23,26H,15-17H2,2-6H3,(H2,31,35)(H,32,38)(H,33,36). The van der Waals surface area contributed by atoms with E-state index in [1.165, 1.54) is 4.90 Å². The van der Waals surface area contributed by atoms with Crippen LogP contribution in [0.4, 0.5) is 10.5 Å². The van der Waals surface area contributed by atoms with E-state index >= 15 is 0 Å². The molecule has 1 fully saturated rings. The molecule has 1 aliphatic carbocycles. The van der Waals surface area contributed by atoms with E-state index in [-0.39, 0.29) is 6.04 Å². The lowest BCUT2D eigenvalue weighted by atomic mass is 9.99. The van der Waals surface area contributed by atoms with Crippen molar-refractivity contribution in [2.45, 2.75) is 77.6 Å². The number of nitrogens with two attached hydrogens (primary N) is 1. The number of terminal acetylenes is 1. The van der Waals surface area contributed by atoms with Crippen LogP contribution < -0.4 is 16.4 Å². The summed E-state index contributed by atoms with van der Waals surface area (Å²) in [4.78, 5) is 53.9. The van der Waals surface area contributed by atoms with Crippen molar-refractivity contribution in [3.05, 3.63) is 64.7 Å². The molecule has 0 spiro atoms. The summed E-state index contributed by atoms with van der Waals surface area (Å²) in [5.74, 6) is 0.727. The largest absolute Gasteiger partial charge is 0.444 e. The van der Waals surface area contributed by atoms with Gasteiger partial charge in [0.2, 0.25) is 11.8 Å². The average molecular weight is 533 g/mol. The summed E-state index contributed by atoms with van der Waals surface area (Å²) >= 11 is 0.